The number of carbonyl (C=O) groups excluding carboxylic acids is 1. The number of hydrogen-bond acceptors (Lipinski definition) is 5. The summed E-state index contributed by atoms with van der Waals surface area (Å²) in [4.78, 5) is 16.7. The first-order chi connectivity index (χ1) is 13.4. The molecule has 3 N–H and O–H groups in total. The number of nitrogens with zero attached hydrogens (tertiary/aromatic N) is 1. The second-order valence-electron chi connectivity index (χ2n) is 7.53. The second kappa shape index (κ2) is 6.48. The highest BCUT2D eigenvalue weighted by Crippen LogP contribution is 2.47. The fraction of sp³-hybridized carbons (Fsp3) is 0.273. The third kappa shape index (κ3) is 2.60. The van der Waals surface area contributed by atoms with E-state index in [2.05, 4.69) is 11.1 Å². The van der Waals surface area contributed by atoms with Crippen molar-refractivity contribution in [3.8, 4) is 11.8 Å². The normalized spacial score (nSPS) is 15.6. The molecule has 0 fully saturated rings. The van der Waals surface area contributed by atoms with E-state index in [0.717, 1.165) is 22.2 Å². The zero-order valence-electron chi connectivity index (χ0n) is 15.6. The summed E-state index contributed by atoms with van der Waals surface area (Å²) in [7, 11) is 0. The Kier molecular flexibility index (Phi) is 4.22. The number of nitriles is 1. The summed E-state index contributed by atoms with van der Waals surface area (Å²) in [5.41, 5.74) is 3.39. The fourth-order valence-corrected chi connectivity index (χ4v) is 3.96. The van der Waals surface area contributed by atoms with E-state index in [-0.39, 0.29) is 12.4 Å². The lowest BCUT2D eigenvalue weighted by Gasteiger charge is -2.33. The van der Waals surface area contributed by atoms with Gasteiger partial charge in [0, 0.05) is 33.1 Å². The molecule has 0 spiro atoms. The summed E-state index contributed by atoms with van der Waals surface area (Å²) in [6.45, 7) is 3.55. The van der Waals surface area contributed by atoms with Gasteiger partial charge in [-0.2, -0.15) is 5.26 Å². The molecule has 1 aliphatic rings. The minimum absolute atomic E-state index is 0.0672. The smallest absolute Gasteiger partial charge is 0.195 e. The lowest BCUT2D eigenvalue weighted by atomic mass is 9.71. The molecule has 0 saturated heterocycles. The Morgan fingerprint density at radius 2 is 2.07 bits per heavy atom. The van der Waals surface area contributed by atoms with Gasteiger partial charge in [-0.3, -0.25) is 4.79 Å². The zero-order valence-corrected chi connectivity index (χ0v) is 15.6. The molecule has 0 saturated carbocycles. The molecule has 1 heterocycles. The van der Waals surface area contributed by atoms with Crippen LogP contribution in [0, 0.1) is 11.3 Å². The van der Waals surface area contributed by atoms with Gasteiger partial charge in [-0.25, -0.2) is 0 Å². The van der Waals surface area contributed by atoms with Gasteiger partial charge < -0.3 is 19.9 Å². The van der Waals surface area contributed by atoms with Crippen molar-refractivity contribution in [3.63, 3.8) is 0 Å². The van der Waals surface area contributed by atoms with Crippen LogP contribution in [0.4, 0.5) is 0 Å². The Bertz CT molecular complexity index is 1140. The first-order valence-corrected chi connectivity index (χ1v) is 9.04. The third-order valence-corrected chi connectivity index (χ3v) is 5.32. The highest BCUT2D eigenvalue weighted by Gasteiger charge is 2.41. The number of hydrogen-bond donors (Lipinski definition) is 3. The maximum absolute atomic E-state index is 13.3. The molecule has 0 bridgehead atoms. The van der Waals surface area contributed by atoms with E-state index in [9.17, 15) is 15.2 Å². The number of fused-ring (bicyclic) bond motifs is 4. The van der Waals surface area contributed by atoms with Gasteiger partial charge in [0.1, 0.15) is 18.5 Å². The van der Waals surface area contributed by atoms with Crippen molar-refractivity contribution in [3.05, 3.63) is 64.3 Å². The number of ketones is 1. The van der Waals surface area contributed by atoms with E-state index in [0.29, 0.717) is 22.4 Å². The molecule has 6 heteroatoms. The first-order valence-electron chi connectivity index (χ1n) is 9.04. The number of carbonyl (C=O) groups is 1. The van der Waals surface area contributed by atoms with E-state index in [1.54, 1.807) is 36.4 Å². The van der Waals surface area contributed by atoms with E-state index in [1.807, 2.05) is 13.8 Å². The summed E-state index contributed by atoms with van der Waals surface area (Å²) < 4.78 is 5.75. The quantitative estimate of drug-likeness (QED) is 0.649. The second-order valence-corrected chi connectivity index (χ2v) is 7.53. The molecular weight excluding hydrogens is 356 g/mol. The molecule has 142 valence electrons. The standard InChI is InChI=1S/C22H20N2O4/c1-22(2)19-15(4-3-5-17(19)28-11-13(26)10-25)20(27)18-14-7-6-12(9-23)8-16(14)24-21(18)22/h3-8,13,24-26H,10-11H2,1-2H3/t13-/m1/s1. The highest BCUT2D eigenvalue weighted by atomic mass is 16.5. The number of ether oxygens (including phenoxy) is 1. The number of aliphatic hydroxyl groups is 2. The molecule has 0 amide bonds. The van der Waals surface area contributed by atoms with Gasteiger partial charge in [0.2, 0.25) is 0 Å². The number of benzene rings is 2. The van der Waals surface area contributed by atoms with Gasteiger partial charge in [0.15, 0.2) is 5.78 Å². The van der Waals surface area contributed by atoms with Crippen molar-refractivity contribution in [1.29, 1.82) is 5.26 Å². The minimum Gasteiger partial charge on any atom is -0.490 e. The van der Waals surface area contributed by atoms with Crippen LogP contribution in [-0.4, -0.2) is 40.3 Å². The van der Waals surface area contributed by atoms with Crippen LogP contribution >= 0.6 is 0 Å². The predicted octanol–water partition coefficient (Wildman–Crippen LogP) is 2.64. The molecule has 2 aromatic carbocycles. The molecule has 4 rings (SSSR count). The van der Waals surface area contributed by atoms with E-state index >= 15 is 0 Å². The van der Waals surface area contributed by atoms with Crippen molar-refractivity contribution in [2.45, 2.75) is 25.4 Å². The lowest BCUT2D eigenvalue weighted by Crippen LogP contribution is -2.31. The maximum Gasteiger partial charge on any atom is 0.195 e. The Hall–Kier alpha value is -3.14. The molecule has 0 radical (unpaired) electrons. The number of H-pyrrole nitrogens is 1. The van der Waals surface area contributed by atoms with Crippen LogP contribution in [0.3, 0.4) is 0 Å². The van der Waals surface area contributed by atoms with Gasteiger partial charge in [-0.05, 0) is 18.2 Å². The molecule has 0 aliphatic heterocycles. The number of aromatic nitrogens is 1. The maximum atomic E-state index is 13.3. The van der Waals surface area contributed by atoms with Gasteiger partial charge >= 0.3 is 0 Å². The lowest BCUT2D eigenvalue weighted by molar-refractivity contribution is 0.0530. The van der Waals surface area contributed by atoms with Crippen LogP contribution in [0.15, 0.2) is 36.4 Å². The Labute approximate surface area is 162 Å². The topological polar surface area (TPSA) is 106 Å². The van der Waals surface area contributed by atoms with Crippen molar-refractivity contribution >= 4 is 16.7 Å². The van der Waals surface area contributed by atoms with Crippen LogP contribution in [0.1, 0.15) is 46.6 Å². The summed E-state index contributed by atoms with van der Waals surface area (Å²) >= 11 is 0. The van der Waals surface area contributed by atoms with E-state index in [4.69, 9.17) is 9.84 Å². The third-order valence-electron chi connectivity index (χ3n) is 5.32. The van der Waals surface area contributed by atoms with Crippen LogP contribution in [-0.2, 0) is 5.41 Å². The predicted molar refractivity (Wildman–Crippen MR) is 104 cm³/mol. The monoisotopic (exact) mass is 376 g/mol. The van der Waals surface area contributed by atoms with Gasteiger partial charge in [0.05, 0.1) is 23.8 Å². The number of nitrogens with one attached hydrogen (secondary N) is 1. The molecule has 1 aromatic heterocycles. The SMILES string of the molecule is CC1(C)c2[nH]c3cc(C#N)ccc3c2C(=O)c2cccc(OC[C@H](O)CO)c21. The molecule has 1 atom stereocenters. The largest absolute Gasteiger partial charge is 0.490 e. The van der Waals surface area contributed by atoms with Crippen LogP contribution in [0.25, 0.3) is 10.9 Å². The van der Waals surface area contributed by atoms with E-state index in [1.165, 1.54) is 0 Å². The van der Waals surface area contributed by atoms with Crippen LogP contribution in [0.5, 0.6) is 5.75 Å². The Morgan fingerprint density at radius 3 is 2.79 bits per heavy atom. The number of aromatic amines is 1. The Balaban J connectivity index is 1.91. The van der Waals surface area contributed by atoms with Gasteiger partial charge in [-0.15, -0.1) is 0 Å². The van der Waals surface area contributed by atoms with E-state index < -0.39 is 18.1 Å². The number of rotatable bonds is 4. The summed E-state index contributed by atoms with van der Waals surface area (Å²) in [5, 5.41) is 28.6. The molecule has 28 heavy (non-hydrogen) atoms. The van der Waals surface area contributed by atoms with Crippen molar-refractivity contribution in [2.24, 2.45) is 0 Å². The molecule has 6 nitrogen and oxygen atoms in total. The fourth-order valence-electron chi connectivity index (χ4n) is 3.96. The average Bonchev–Trinajstić information content (AvgIpc) is 3.10. The summed E-state index contributed by atoms with van der Waals surface area (Å²) in [6, 6.07) is 12.7. The highest BCUT2D eigenvalue weighted by molar-refractivity contribution is 6.20. The van der Waals surface area contributed by atoms with Gasteiger partial charge in [-0.1, -0.05) is 32.0 Å². The number of aliphatic hydroxyl groups excluding tert-OH is 2. The first kappa shape index (κ1) is 18.2. The van der Waals surface area contributed by atoms with Crippen molar-refractivity contribution in [2.75, 3.05) is 13.2 Å². The van der Waals surface area contributed by atoms with Crippen molar-refractivity contribution in [1.82, 2.24) is 4.98 Å². The Morgan fingerprint density at radius 1 is 1.29 bits per heavy atom. The van der Waals surface area contributed by atoms with Crippen LogP contribution < -0.4 is 4.74 Å². The zero-order chi connectivity index (χ0) is 20.1. The summed E-state index contributed by atoms with van der Waals surface area (Å²) in [5.74, 6) is 0.402. The molecular formula is C22H20N2O4. The summed E-state index contributed by atoms with van der Waals surface area (Å²) in [6.07, 6.45) is -0.994. The molecule has 0 unspecified atom stereocenters. The minimum atomic E-state index is -0.994. The molecule has 1 aliphatic carbocycles. The average molecular weight is 376 g/mol. The van der Waals surface area contributed by atoms with Gasteiger partial charge in [0.25, 0.3) is 0 Å². The molecule has 3 aromatic rings. The van der Waals surface area contributed by atoms with Crippen molar-refractivity contribution < 1.29 is 19.7 Å². The van der Waals surface area contributed by atoms with Crippen LogP contribution in [0.2, 0.25) is 0 Å².